The molecule has 1 saturated heterocycles. The molecule has 1 amide bonds. The fourth-order valence-electron chi connectivity index (χ4n) is 3.66. The smallest absolute Gasteiger partial charge is 0.229 e. The number of halogens is 1. The quantitative estimate of drug-likeness (QED) is 0.748. The maximum atomic E-state index is 13.6. The predicted octanol–water partition coefficient (Wildman–Crippen LogP) is 2.80. The van der Waals surface area contributed by atoms with E-state index in [0.717, 1.165) is 22.0 Å². The number of hydrogen-bond donors (Lipinski definition) is 2. The molecular weight excluding hydrogens is 343 g/mol. The Labute approximate surface area is 157 Å². The largest absolute Gasteiger partial charge is 0.341 e. The van der Waals surface area contributed by atoms with Crippen LogP contribution < -0.4 is 10.9 Å². The number of carbonyl (C=O) groups is 1. The van der Waals surface area contributed by atoms with Crippen LogP contribution in [0.3, 0.4) is 0 Å². The molecule has 2 heterocycles. The van der Waals surface area contributed by atoms with Crippen molar-refractivity contribution in [3.8, 4) is 0 Å². The Bertz CT molecular complexity index is 972. The van der Waals surface area contributed by atoms with Gasteiger partial charge in [-0.05, 0) is 35.4 Å². The molecular formula is C21H21FN4O. The van der Waals surface area contributed by atoms with Gasteiger partial charge in [0, 0.05) is 31.7 Å². The van der Waals surface area contributed by atoms with Crippen molar-refractivity contribution in [2.45, 2.75) is 12.6 Å². The number of nitrogens with one attached hydrogen (secondary N) is 2. The highest BCUT2D eigenvalue weighted by molar-refractivity contribution is 5.84. The van der Waals surface area contributed by atoms with Gasteiger partial charge < -0.3 is 4.90 Å². The average molecular weight is 364 g/mol. The van der Waals surface area contributed by atoms with E-state index in [4.69, 9.17) is 0 Å². The first-order valence-electron chi connectivity index (χ1n) is 8.95. The van der Waals surface area contributed by atoms with Crippen molar-refractivity contribution in [2.75, 3.05) is 13.6 Å². The molecule has 1 aliphatic heterocycles. The van der Waals surface area contributed by atoms with Gasteiger partial charge in [-0.25, -0.2) is 9.82 Å². The summed E-state index contributed by atoms with van der Waals surface area (Å²) >= 11 is 0. The number of hydrazine groups is 1. The molecule has 1 fully saturated rings. The third kappa shape index (κ3) is 3.54. The van der Waals surface area contributed by atoms with Crippen LogP contribution in [0.4, 0.5) is 4.39 Å². The summed E-state index contributed by atoms with van der Waals surface area (Å²) in [6.45, 7) is 0.996. The lowest BCUT2D eigenvalue weighted by Crippen LogP contribution is -2.36. The van der Waals surface area contributed by atoms with E-state index in [1.54, 1.807) is 24.2 Å². The molecule has 4 rings (SSSR count). The van der Waals surface area contributed by atoms with Gasteiger partial charge >= 0.3 is 0 Å². The van der Waals surface area contributed by atoms with Crippen molar-refractivity contribution in [1.82, 2.24) is 20.7 Å². The summed E-state index contributed by atoms with van der Waals surface area (Å²) in [7, 11) is 1.80. The number of rotatable bonds is 4. The van der Waals surface area contributed by atoms with Crippen LogP contribution in [-0.2, 0) is 11.3 Å². The van der Waals surface area contributed by atoms with Crippen molar-refractivity contribution in [3.05, 3.63) is 77.7 Å². The number of fused-ring (bicyclic) bond motifs is 1. The fraction of sp³-hybridized carbons (Fsp3) is 0.238. The Hall–Kier alpha value is -2.83. The first-order valence-corrected chi connectivity index (χ1v) is 8.95. The van der Waals surface area contributed by atoms with Crippen molar-refractivity contribution < 1.29 is 9.18 Å². The average Bonchev–Trinajstić information content (AvgIpc) is 3.17. The van der Waals surface area contributed by atoms with E-state index < -0.39 is 0 Å². The van der Waals surface area contributed by atoms with Crippen LogP contribution in [0.1, 0.15) is 17.2 Å². The highest BCUT2D eigenvalue weighted by atomic mass is 19.1. The number of carbonyl (C=O) groups excluding carboxylic acids is 1. The van der Waals surface area contributed by atoms with Gasteiger partial charge in [-0.15, -0.1) is 0 Å². The van der Waals surface area contributed by atoms with Crippen LogP contribution >= 0.6 is 0 Å². The molecule has 0 bridgehead atoms. The van der Waals surface area contributed by atoms with E-state index in [1.165, 1.54) is 12.1 Å². The number of nitrogens with zero attached hydrogens (tertiary/aromatic N) is 2. The summed E-state index contributed by atoms with van der Waals surface area (Å²) in [5.74, 6) is -0.587. The molecule has 2 aromatic carbocycles. The van der Waals surface area contributed by atoms with Gasteiger partial charge in [0.2, 0.25) is 5.91 Å². The van der Waals surface area contributed by atoms with Gasteiger partial charge in [-0.3, -0.25) is 15.2 Å². The molecule has 0 saturated carbocycles. The first-order chi connectivity index (χ1) is 13.1. The maximum Gasteiger partial charge on any atom is 0.229 e. The van der Waals surface area contributed by atoms with Crippen LogP contribution in [0.25, 0.3) is 10.9 Å². The maximum absolute atomic E-state index is 13.6. The van der Waals surface area contributed by atoms with Gasteiger partial charge in [0.15, 0.2) is 0 Å². The number of benzene rings is 2. The standard InChI is InChI=1S/C21H21FN4O/c1-26(13-15-6-3-9-19-17(15)8-4-10-23-19)21(27)18-12-24-25-20(18)14-5-2-7-16(22)11-14/h2-11,18,20,24-25H,12-13H2,1H3. The topological polar surface area (TPSA) is 57.3 Å². The second-order valence-electron chi connectivity index (χ2n) is 6.85. The van der Waals surface area contributed by atoms with Gasteiger partial charge in [-0.1, -0.05) is 30.3 Å². The molecule has 2 unspecified atom stereocenters. The van der Waals surface area contributed by atoms with Crippen LogP contribution in [0.15, 0.2) is 60.8 Å². The molecule has 2 N–H and O–H groups in total. The first kappa shape index (κ1) is 17.6. The number of amides is 1. The molecule has 2 atom stereocenters. The normalized spacial score (nSPS) is 19.3. The molecule has 6 heteroatoms. The van der Waals surface area contributed by atoms with Gasteiger partial charge in [0.05, 0.1) is 17.5 Å². The Morgan fingerprint density at radius 3 is 2.93 bits per heavy atom. The monoisotopic (exact) mass is 364 g/mol. The molecule has 3 aromatic rings. The van der Waals surface area contributed by atoms with Crippen molar-refractivity contribution in [1.29, 1.82) is 0 Å². The summed E-state index contributed by atoms with van der Waals surface area (Å²) in [6.07, 6.45) is 1.76. The Morgan fingerprint density at radius 1 is 1.22 bits per heavy atom. The highest BCUT2D eigenvalue weighted by Crippen LogP contribution is 2.27. The van der Waals surface area contributed by atoms with E-state index in [9.17, 15) is 9.18 Å². The van der Waals surface area contributed by atoms with E-state index in [-0.39, 0.29) is 23.7 Å². The molecule has 1 aromatic heterocycles. The molecule has 27 heavy (non-hydrogen) atoms. The summed E-state index contributed by atoms with van der Waals surface area (Å²) in [5, 5.41) is 1.05. The van der Waals surface area contributed by atoms with Gasteiger partial charge in [0.25, 0.3) is 0 Å². The zero-order valence-electron chi connectivity index (χ0n) is 15.0. The summed E-state index contributed by atoms with van der Waals surface area (Å²) in [6, 6.07) is 16.0. The lowest BCUT2D eigenvalue weighted by molar-refractivity contribution is -0.134. The predicted molar refractivity (Wildman–Crippen MR) is 102 cm³/mol. The lowest BCUT2D eigenvalue weighted by Gasteiger charge is -2.25. The summed E-state index contributed by atoms with van der Waals surface area (Å²) < 4.78 is 13.6. The number of hydrogen-bond acceptors (Lipinski definition) is 4. The van der Waals surface area contributed by atoms with Crippen molar-refractivity contribution >= 4 is 16.8 Å². The molecule has 1 aliphatic rings. The molecule has 0 radical (unpaired) electrons. The molecule has 0 spiro atoms. The zero-order valence-corrected chi connectivity index (χ0v) is 15.0. The minimum Gasteiger partial charge on any atom is -0.341 e. The molecule has 0 aliphatic carbocycles. The lowest BCUT2D eigenvalue weighted by atomic mass is 9.93. The second-order valence-corrected chi connectivity index (χ2v) is 6.85. The third-order valence-corrected chi connectivity index (χ3v) is 5.03. The minimum absolute atomic E-state index is 0.0163. The second kappa shape index (κ2) is 7.42. The van der Waals surface area contributed by atoms with E-state index in [2.05, 4.69) is 15.8 Å². The van der Waals surface area contributed by atoms with E-state index in [1.807, 2.05) is 36.4 Å². The van der Waals surface area contributed by atoms with E-state index in [0.29, 0.717) is 13.1 Å². The van der Waals surface area contributed by atoms with Crippen molar-refractivity contribution in [3.63, 3.8) is 0 Å². The Kier molecular flexibility index (Phi) is 4.83. The SMILES string of the molecule is CN(Cc1cccc2ncccc12)C(=O)C1CNNC1c1cccc(F)c1. The highest BCUT2D eigenvalue weighted by Gasteiger charge is 2.35. The summed E-state index contributed by atoms with van der Waals surface area (Å²) in [5.41, 5.74) is 8.88. The Morgan fingerprint density at radius 2 is 2.07 bits per heavy atom. The van der Waals surface area contributed by atoms with E-state index >= 15 is 0 Å². The van der Waals surface area contributed by atoms with Crippen molar-refractivity contribution in [2.24, 2.45) is 5.92 Å². The number of pyridine rings is 1. The third-order valence-electron chi connectivity index (χ3n) is 5.03. The minimum atomic E-state index is -0.302. The Balaban J connectivity index is 1.54. The zero-order chi connectivity index (χ0) is 18.8. The number of aromatic nitrogens is 1. The van der Waals surface area contributed by atoms with Crippen LogP contribution in [0, 0.1) is 11.7 Å². The van der Waals surface area contributed by atoms with Gasteiger partial charge in [-0.2, -0.15) is 0 Å². The molecule has 5 nitrogen and oxygen atoms in total. The molecule has 138 valence electrons. The van der Waals surface area contributed by atoms with Crippen LogP contribution in [0.5, 0.6) is 0 Å². The van der Waals surface area contributed by atoms with Crippen LogP contribution in [0.2, 0.25) is 0 Å². The van der Waals surface area contributed by atoms with Crippen LogP contribution in [-0.4, -0.2) is 29.4 Å². The fourth-order valence-corrected chi connectivity index (χ4v) is 3.66. The van der Waals surface area contributed by atoms with Gasteiger partial charge in [0.1, 0.15) is 5.82 Å². The summed E-state index contributed by atoms with van der Waals surface area (Å²) in [4.78, 5) is 19.2.